The number of rotatable bonds is 8. The van der Waals surface area contributed by atoms with Gasteiger partial charge in [0.05, 0.1) is 4.90 Å². The molecule has 28 heavy (non-hydrogen) atoms. The maximum atomic E-state index is 12.6. The van der Waals surface area contributed by atoms with Crippen molar-refractivity contribution in [1.82, 2.24) is 5.32 Å². The summed E-state index contributed by atoms with van der Waals surface area (Å²) in [5.74, 6) is -0.490. The average molecular weight is 404 g/mol. The number of amides is 2. The van der Waals surface area contributed by atoms with Gasteiger partial charge in [0.1, 0.15) is 11.8 Å². The predicted molar refractivity (Wildman–Crippen MR) is 107 cm³/mol. The minimum Gasteiger partial charge on any atom is -0.484 e. The van der Waals surface area contributed by atoms with Crippen molar-refractivity contribution in [1.29, 1.82) is 0 Å². The van der Waals surface area contributed by atoms with Gasteiger partial charge in [-0.2, -0.15) is 0 Å². The fourth-order valence-corrected chi connectivity index (χ4v) is 3.11. The third-order valence-corrected chi connectivity index (χ3v) is 5.02. The highest BCUT2D eigenvalue weighted by atomic mass is 32.2. The molecule has 0 aliphatic heterocycles. The van der Waals surface area contributed by atoms with Gasteiger partial charge in [0.15, 0.2) is 16.4 Å². The molecule has 0 bridgehead atoms. The number of ether oxygens (including phenoxy) is 1. The lowest BCUT2D eigenvalue weighted by Gasteiger charge is -2.22. The second-order valence-electron chi connectivity index (χ2n) is 6.68. The standard InChI is InChI=1S/C20H24N2O5S/c1-14(2)19(22-18(23)13-27-16-9-5-4-6-10-16)20(24)21-15-8-7-11-17(12-15)28(3,25)26/h4-12,14,19H,13H2,1-3H3,(H,21,24)(H,22,23)/t19-/m0/s1. The first-order valence-corrected chi connectivity index (χ1v) is 10.6. The van der Waals surface area contributed by atoms with Crippen LogP contribution in [0.3, 0.4) is 0 Å². The van der Waals surface area contributed by atoms with Crippen molar-refractivity contribution in [2.45, 2.75) is 24.8 Å². The minimum absolute atomic E-state index is 0.103. The highest BCUT2D eigenvalue weighted by Gasteiger charge is 2.24. The molecule has 0 unspecified atom stereocenters. The summed E-state index contributed by atoms with van der Waals surface area (Å²) in [5.41, 5.74) is 0.341. The van der Waals surface area contributed by atoms with Crippen LogP contribution in [0.2, 0.25) is 0 Å². The van der Waals surface area contributed by atoms with Crippen LogP contribution in [-0.4, -0.2) is 39.1 Å². The van der Waals surface area contributed by atoms with Gasteiger partial charge in [-0.05, 0) is 36.2 Å². The van der Waals surface area contributed by atoms with Crippen molar-refractivity contribution in [2.24, 2.45) is 5.92 Å². The van der Waals surface area contributed by atoms with E-state index in [0.29, 0.717) is 11.4 Å². The fourth-order valence-electron chi connectivity index (χ4n) is 2.44. The first-order valence-electron chi connectivity index (χ1n) is 8.75. The normalized spacial score (nSPS) is 12.3. The summed E-state index contributed by atoms with van der Waals surface area (Å²) in [6.45, 7) is 3.38. The van der Waals surface area contributed by atoms with E-state index in [1.807, 2.05) is 6.07 Å². The Morgan fingerprint density at radius 3 is 2.32 bits per heavy atom. The number of nitrogens with one attached hydrogen (secondary N) is 2. The maximum absolute atomic E-state index is 12.6. The summed E-state index contributed by atoms with van der Waals surface area (Å²) < 4.78 is 28.7. The van der Waals surface area contributed by atoms with E-state index >= 15 is 0 Å². The van der Waals surface area contributed by atoms with Crippen LogP contribution >= 0.6 is 0 Å². The van der Waals surface area contributed by atoms with E-state index < -0.39 is 27.7 Å². The summed E-state index contributed by atoms with van der Waals surface area (Å²) in [6.07, 6.45) is 1.10. The third kappa shape index (κ3) is 6.38. The smallest absolute Gasteiger partial charge is 0.258 e. The van der Waals surface area contributed by atoms with E-state index in [0.717, 1.165) is 6.26 Å². The van der Waals surface area contributed by atoms with Crippen LogP contribution in [0.4, 0.5) is 5.69 Å². The lowest BCUT2D eigenvalue weighted by Crippen LogP contribution is -2.48. The largest absolute Gasteiger partial charge is 0.484 e. The van der Waals surface area contributed by atoms with E-state index in [1.165, 1.54) is 12.1 Å². The lowest BCUT2D eigenvalue weighted by atomic mass is 10.0. The number of para-hydroxylation sites is 1. The average Bonchev–Trinajstić information content (AvgIpc) is 2.64. The van der Waals surface area contributed by atoms with E-state index in [9.17, 15) is 18.0 Å². The second kappa shape index (κ2) is 9.36. The molecule has 0 saturated heterocycles. The van der Waals surface area contributed by atoms with E-state index in [1.54, 1.807) is 50.2 Å². The third-order valence-electron chi connectivity index (χ3n) is 3.91. The van der Waals surface area contributed by atoms with Crippen LogP contribution in [0.25, 0.3) is 0 Å². The zero-order chi connectivity index (χ0) is 20.7. The molecule has 0 spiro atoms. The molecule has 0 fully saturated rings. The molecule has 0 saturated carbocycles. The van der Waals surface area contributed by atoms with E-state index in [-0.39, 0.29) is 17.4 Å². The number of sulfone groups is 1. The van der Waals surface area contributed by atoms with Gasteiger partial charge in [0.2, 0.25) is 5.91 Å². The zero-order valence-corrected chi connectivity index (χ0v) is 16.8. The molecule has 0 aromatic heterocycles. The number of hydrogen-bond donors (Lipinski definition) is 2. The quantitative estimate of drug-likeness (QED) is 0.703. The molecule has 2 rings (SSSR count). The van der Waals surface area contributed by atoms with Gasteiger partial charge >= 0.3 is 0 Å². The summed E-state index contributed by atoms with van der Waals surface area (Å²) in [7, 11) is -3.39. The molecule has 2 aromatic carbocycles. The Kier molecular flexibility index (Phi) is 7.17. The molecule has 7 nitrogen and oxygen atoms in total. The second-order valence-corrected chi connectivity index (χ2v) is 8.70. The van der Waals surface area contributed by atoms with Gasteiger partial charge in [0, 0.05) is 11.9 Å². The molecular formula is C20H24N2O5S. The zero-order valence-electron chi connectivity index (χ0n) is 16.0. The van der Waals surface area contributed by atoms with Crippen molar-refractivity contribution < 1.29 is 22.7 Å². The van der Waals surface area contributed by atoms with Crippen LogP contribution in [0.5, 0.6) is 5.75 Å². The maximum Gasteiger partial charge on any atom is 0.258 e. The molecule has 2 aromatic rings. The summed E-state index contributed by atoms with van der Waals surface area (Å²) in [4.78, 5) is 24.9. The Morgan fingerprint density at radius 1 is 1.04 bits per heavy atom. The van der Waals surface area contributed by atoms with E-state index in [4.69, 9.17) is 4.74 Å². The number of anilines is 1. The SMILES string of the molecule is CC(C)[C@H](NC(=O)COc1ccccc1)C(=O)Nc1cccc(S(C)(=O)=O)c1. The molecule has 1 atom stereocenters. The van der Waals surface area contributed by atoms with Crippen LogP contribution in [0.1, 0.15) is 13.8 Å². The molecule has 150 valence electrons. The minimum atomic E-state index is -3.39. The number of carbonyl (C=O) groups is 2. The molecule has 8 heteroatoms. The molecule has 0 aliphatic carbocycles. The van der Waals surface area contributed by atoms with Crippen LogP contribution < -0.4 is 15.4 Å². The molecular weight excluding hydrogens is 380 g/mol. The van der Waals surface area contributed by atoms with Gasteiger partial charge in [-0.15, -0.1) is 0 Å². The van der Waals surface area contributed by atoms with Crippen LogP contribution in [0.15, 0.2) is 59.5 Å². The monoisotopic (exact) mass is 404 g/mol. The fraction of sp³-hybridized carbons (Fsp3) is 0.300. The first kappa shape index (κ1) is 21.4. The van der Waals surface area contributed by atoms with Gasteiger partial charge in [0.25, 0.3) is 5.91 Å². The molecule has 0 heterocycles. The Hall–Kier alpha value is -2.87. The van der Waals surface area contributed by atoms with Gasteiger partial charge in [-0.25, -0.2) is 8.42 Å². The first-order chi connectivity index (χ1) is 13.2. The van der Waals surface area contributed by atoms with Crippen molar-refractivity contribution in [2.75, 3.05) is 18.2 Å². The molecule has 2 amide bonds. The summed E-state index contributed by atoms with van der Waals surface area (Å²) in [6, 6.07) is 14.1. The van der Waals surface area contributed by atoms with Gasteiger partial charge in [-0.1, -0.05) is 38.1 Å². The Balaban J connectivity index is 2.01. The summed E-state index contributed by atoms with van der Waals surface area (Å²) in [5, 5.41) is 5.31. The molecule has 0 aliphatic rings. The number of carbonyl (C=O) groups excluding carboxylic acids is 2. The summed E-state index contributed by atoms with van der Waals surface area (Å²) >= 11 is 0. The molecule has 0 radical (unpaired) electrons. The highest BCUT2D eigenvalue weighted by Crippen LogP contribution is 2.16. The van der Waals surface area contributed by atoms with Crippen LogP contribution in [0, 0.1) is 5.92 Å². The topological polar surface area (TPSA) is 102 Å². The molecule has 2 N–H and O–H groups in total. The Bertz CT molecular complexity index is 927. The number of benzene rings is 2. The van der Waals surface area contributed by atoms with Gasteiger partial charge in [-0.3, -0.25) is 9.59 Å². The van der Waals surface area contributed by atoms with Crippen molar-refractivity contribution in [3.8, 4) is 5.75 Å². The lowest BCUT2D eigenvalue weighted by molar-refractivity contribution is -0.128. The highest BCUT2D eigenvalue weighted by molar-refractivity contribution is 7.90. The van der Waals surface area contributed by atoms with E-state index in [2.05, 4.69) is 10.6 Å². The number of hydrogen-bond acceptors (Lipinski definition) is 5. The van der Waals surface area contributed by atoms with Gasteiger partial charge < -0.3 is 15.4 Å². The predicted octanol–water partition coefficient (Wildman–Crippen LogP) is 2.25. The van der Waals surface area contributed by atoms with Crippen LogP contribution in [-0.2, 0) is 19.4 Å². The van der Waals surface area contributed by atoms with Crippen molar-refractivity contribution in [3.05, 3.63) is 54.6 Å². The van der Waals surface area contributed by atoms with Crippen molar-refractivity contribution >= 4 is 27.3 Å². The van der Waals surface area contributed by atoms with Crippen molar-refractivity contribution in [3.63, 3.8) is 0 Å². The Labute approximate surface area is 165 Å². The Morgan fingerprint density at radius 2 is 1.71 bits per heavy atom.